The van der Waals surface area contributed by atoms with E-state index in [0.29, 0.717) is 0 Å². The first-order valence-electron chi connectivity index (χ1n) is 6.80. The van der Waals surface area contributed by atoms with E-state index in [4.69, 9.17) is 27.9 Å². The van der Waals surface area contributed by atoms with Crippen molar-refractivity contribution in [3.63, 3.8) is 0 Å². The molecular formula is C15H19Cl2NO2. The van der Waals surface area contributed by atoms with Crippen LogP contribution in [0.2, 0.25) is 0 Å². The lowest BCUT2D eigenvalue weighted by molar-refractivity contribution is 0.0547. The van der Waals surface area contributed by atoms with E-state index in [2.05, 4.69) is 12.2 Å². The molecule has 1 amide bonds. The number of para-hydroxylation sites is 1. The van der Waals surface area contributed by atoms with Crippen molar-refractivity contribution < 1.29 is 9.53 Å². The third-order valence-corrected chi connectivity index (χ3v) is 4.95. The Hall–Kier alpha value is -0.930. The van der Waals surface area contributed by atoms with Crippen molar-refractivity contribution in [2.75, 3.05) is 5.32 Å². The van der Waals surface area contributed by atoms with Crippen LogP contribution in [-0.4, -0.2) is 17.0 Å². The summed E-state index contributed by atoms with van der Waals surface area (Å²) >= 11 is 12.0. The maximum Gasteiger partial charge on any atom is 0.411 e. The van der Waals surface area contributed by atoms with Gasteiger partial charge in [0.2, 0.25) is 0 Å². The van der Waals surface area contributed by atoms with Crippen molar-refractivity contribution >= 4 is 35.0 Å². The van der Waals surface area contributed by atoms with Gasteiger partial charge in [-0.2, -0.15) is 0 Å². The lowest BCUT2D eigenvalue weighted by atomic mass is 9.76. The third-order valence-electron chi connectivity index (χ3n) is 3.90. The fourth-order valence-corrected chi connectivity index (χ4v) is 2.84. The first-order valence-corrected chi connectivity index (χ1v) is 7.68. The molecule has 1 aromatic rings. The Morgan fingerprint density at radius 2 is 1.90 bits per heavy atom. The van der Waals surface area contributed by atoms with Crippen LogP contribution in [0.3, 0.4) is 0 Å². The van der Waals surface area contributed by atoms with Crippen molar-refractivity contribution in [3.05, 3.63) is 30.3 Å². The van der Waals surface area contributed by atoms with Crippen LogP contribution in [0.4, 0.5) is 10.5 Å². The van der Waals surface area contributed by atoms with Gasteiger partial charge in [-0.3, -0.25) is 5.32 Å². The Morgan fingerprint density at radius 1 is 1.30 bits per heavy atom. The third kappa shape index (κ3) is 4.03. The van der Waals surface area contributed by atoms with E-state index in [0.717, 1.165) is 31.4 Å². The molecule has 1 N–H and O–H groups in total. The minimum absolute atomic E-state index is 0.0566. The van der Waals surface area contributed by atoms with Crippen molar-refractivity contribution in [1.29, 1.82) is 0 Å². The highest BCUT2D eigenvalue weighted by Gasteiger charge is 2.37. The summed E-state index contributed by atoms with van der Waals surface area (Å²) in [5, 5.41) is 2.72. The lowest BCUT2D eigenvalue weighted by Gasteiger charge is -2.37. The first kappa shape index (κ1) is 15.5. The highest BCUT2D eigenvalue weighted by atomic mass is 35.5. The molecule has 0 heterocycles. The van der Waals surface area contributed by atoms with Crippen molar-refractivity contribution in [2.24, 2.45) is 5.41 Å². The smallest absolute Gasteiger partial charge is 0.411 e. The number of benzene rings is 1. The van der Waals surface area contributed by atoms with Gasteiger partial charge in [-0.1, -0.05) is 25.1 Å². The number of carbonyl (C=O) groups is 1. The number of anilines is 1. The molecule has 3 nitrogen and oxygen atoms in total. The minimum atomic E-state index is -0.405. The second-order valence-corrected chi connectivity index (χ2v) is 6.65. The van der Waals surface area contributed by atoms with E-state index < -0.39 is 6.09 Å². The van der Waals surface area contributed by atoms with Crippen molar-refractivity contribution in [1.82, 2.24) is 0 Å². The predicted octanol–water partition coefficient (Wildman–Crippen LogP) is 4.99. The molecule has 0 aromatic heterocycles. The fourth-order valence-electron chi connectivity index (χ4n) is 2.41. The minimum Gasteiger partial charge on any atom is -0.446 e. The van der Waals surface area contributed by atoms with Gasteiger partial charge in [-0.15, -0.1) is 23.2 Å². The average Bonchev–Trinajstić information content (AvgIpc) is 2.42. The zero-order valence-electron chi connectivity index (χ0n) is 11.4. The molecule has 0 bridgehead atoms. The Labute approximate surface area is 129 Å². The molecule has 0 spiro atoms. The number of amides is 1. The zero-order valence-corrected chi connectivity index (χ0v) is 13.0. The number of rotatable bonds is 3. The van der Waals surface area contributed by atoms with E-state index in [-0.39, 0.29) is 16.4 Å². The second-order valence-electron chi connectivity index (χ2n) is 5.55. The van der Waals surface area contributed by atoms with E-state index in [1.54, 1.807) is 0 Å². The summed E-state index contributed by atoms with van der Waals surface area (Å²) in [6.07, 6.45) is 2.88. The van der Waals surface area contributed by atoms with Crippen LogP contribution in [0.25, 0.3) is 0 Å². The highest BCUT2D eigenvalue weighted by Crippen LogP contribution is 2.43. The molecule has 20 heavy (non-hydrogen) atoms. The van der Waals surface area contributed by atoms with E-state index in [1.165, 1.54) is 0 Å². The summed E-state index contributed by atoms with van der Waals surface area (Å²) < 4.78 is 5.43. The zero-order chi connectivity index (χ0) is 14.6. The van der Waals surface area contributed by atoms with E-state index in [9.17, 15) is 4.79 Å². The molecule has 0 atom stereocenters. The molecule has 2 rings (SSSR count). The van der Waals surface area contributed by atoms with Crippen LogP contribution < -0.4 is 5.32 Å². The molecule has 0 unspecified atom stereocenters. The van der Waals surface area contributed by atoms with Crippen LogP contribution in [0.1, 0.15) is 32.6 Å². The van der Waals surface area contributed by atoms with Crippen LogP contribution in [0.15, 0.2) is 30.3 Å². The molecule has 1 aliphatic carbocycles. The topological polar surface area (TPSA) is 38.3 Å². The van der Waals surface area contributed by atoms with Gasteiger partial charge in [-0.25, -0.2) is 4.79 Å². The Bertz CT molecular complexity index is 442. The van der Waals surface area contributed by atoms with Gasteiger partial charge >= 0.3 is 6.09 Å². The molecule has 5 heteroatoms. The van der Waals surface area contributed by atoms with Gasteiger partial charge < -0.3 is 4.74 Å². The lowest BCUT2D eigenvalue weighted by Crippen LogP contribution is -2.34. The van der Waals surface area contributed by atoms with Gasteiger partial charge in [-0.05, 0) is 43.2 Å². The molecule has 1 aromatic carbocycles. The van der Waals surface area contributed by atoms with E-state index in [1.807, 2.05) is 30.3 Å². The summed E-state index contributed by atoms with van der Waals surface area (Å²) in [5.74, 6) is 0. The quantitative estimate of drug-likeness (QED) is 0.798. The average molecular weight is 316 g/mol. The van der Waals surface area contributed by atoms with Crippen LogP contribution in [-0.2, 0) is 4.74 Å². The van der Waals surface area contributed by atoms with Crippen molar-refractivity contribution in [2.45, 2.75) is 43.5 Å². The first-order chi connectivity index (χ1) is 9.49. The molecule has 1 aliphatic rings. The number of alkyl halides is 2. The SMILES string of the molecule is CC1(C(Cl)Cl)CCC(OC(=O)Nc2ccccc2)CC1. The van der Waals surface area contributed by atoms with Gasteiger partial charge in [0.15, 0.2) is 0 Å². The number of carbonyl (C=O) groups excluding carboxylic acids is 1. The molecule has 0 aliphatic heterocycles. The molecule has 1 saturated carbocycles. The summed E-state index contributed by atoms with van der Waals surface area (Å²) in [4.78, 5) is 11.4. The molecule has 0 saturated heterocycles. The molecule has 110 valence electrons. The predicted molar refractivity (Wildman–Crippen MR) is 82.4 cm³/mol. The standard InChI is InChI=1S/C15H19Cl2NO2/c1-15(13(16)17)9-7-12(8-10-15)20-14(19)18-11-5-3-2-4-6-11/h2-6,12-13H,7-10H2,1H3,(H,18,19). The van der Waals surface area contributed by atoms with Crippen LogP contribution in [0.5, 0.6) is 0 Å². The largest absolute Gasteiger partial charge is 0.446 e. The van der Waals surface area contributed by atoms with Crippen molar-refractivity contribution in [3.8, 4) is 0 Å². The van der Waals surface area contributed by atoms with Crippen LogP contribution >= 0.6 is 23.2 Å². The Morgan fingerprint density at radius 3 is 2.45 bits per heavy atom. The normalized spacial score (nSPS) is 26.3. The second kappa shape index (κ2) is 6.68. The monoisotopic (exact) mass is 315 g/mol. The summed E-state index contributed by atoms with van der Waals surface area (Å²) in [5.41, 5.74) is 0.665. The molecular weight excluding hydrogens is 297 g/mol. The van der Waals surface area contributed by atoms with Gasteiger partial charge in [0.1, 0.15) is 10.9 Å². The van der Waals surface area contributed by atoms with Gasteiger partial charge in [0.05, 0.1) is 0 Å². The number of halogens is 2. The summed E-state index contributed by atoms with van der Waals surface area (Å²) in [6.45, 7) is 2.08. The Balaban J connectivity index is 1.79. The molecule has 1 fully saturated rings. The van der Waals surface area contributed by atoms with Crippen LogP contribution in [0, 0.1) is 5.41 Å². The Kier molecular flexibility index (Phi) is 5.17. The van der Waals surface area contributed by atoms with E-state index >= 15 is 0 Å². The number of ether oxygens (including phenoxy) is 1. The van der Waals surface area contributed by atoms with Gasteiger partial charge in [0.25, 0.3) is 0 Å². The van der Waals surface area contributed by atoms with Gasteiger partial charge in [0, 0.05) is 5.69 Å². The number of hydrogen-bond donors (Lipinski definition) is 1. The number of hydrogen-bond acceptors (Lipinski definition) is 2. The fraction of sp³-hybridized carbons (Fsp3) is 0.533. The highest BCUT2D eigenvalue weighted by molar-refractivity contribution is 6.44. The number of nitrogens with one attached hydrogen (secondary N) is 1. The summed E-state index contributed by atoms with van der Waals surface area (Å²) in [6, 6.07) is 9.27. The maximum atomic E-state index is 11.8. The molecule has 0 radical (unpaired) electrons. The maximum absolute atomic E-state index is 11.8. The summed E-state index contributed by atoms with van der Waals surface area (Å²) in [7, 11) is 0.